The summed E-state index contributed by atoms with van der Waals surface area (Å²) in [7, 11) is 0. The average molecular weight is 512 g/mol. The van der Waals surface area contributed by atoms with E-state index in [4.69, 9.17) is 33.2 Å². The second-order valence-electron chi connectivity index (χ2n) is 7.81. The van der Waals surface area contributed by atoms with Crippen LogP contribution in [0.5, 0.6) is 0 Å². The summed E-state index contributed by atoms with van der Waals surface area (Å²) < 4.78 is 3.78. The van der Waals surface area contributed by atoms with Crippen LogP contribution in [0.2, 0.25) is 10.0 Å². The van der Waals surface area contributed by atoms with Crippen molar-refractivity contribution in [2.45, 2.75) is 6.92 Å². The molecule has 0 atom stereocenters. The van der Waals surface area contributed by atoms with E-state index in [1.54, 1.807) is 28.9 Å². The second kappa shape index (κ2) is 9.61. The number of amides is 1. The van der Waals surface area contributed by atoms with Crippen molar-refractivity contribution in [3.8, 4) is 22.5 Å². The van der Waals surface area contributed by atoms with Gasteiger partial charge in [-0.2, -0.15) is 0 Å². The minimum atomic E-state index is -0.0997. The largest absolute Gasteiger partial charge is 0.352 e. The van der Waals surface area contributed by atoms with Crippen LogP contribution in [-0.2, 0) is 0 Å². The zero-order valence-electron chi connectivity index (χ0n) is 18.2. The third-order valence-electron chi connectivity index (χ3n) is 5.70. The molecule has 0 aliphatic carbocycles. The van der Waals surface area contributed by atoms with Gasteiger partial charge in [-0.1, -0.05) is 33.8 Å². The highest BCUT2D eigenvalue weighted by Crippen LogP contribution is 2.36. The summed E-state index contributed by atoms with van der Waals surface area (Å²) in [6.45, 7) is 4.35. The van der Waals surface area contributed by atoms with Crippen molar-refractivity contribution >= 4 is 46.5 Å². The number of carbonyl (C=O) groups is 1. The van der Waals surface area contributed by atoms with Gasteiger partial charge in [0.15, 0.2) is 5.69 Å². The van der Waals surface area contributed by atoms with Crippen molar-refractivity contribution in [1.29, 1.82) is 0 Å². The molecular formula is C23H19Cl2N7OS. The molecule has 4 heterocycles. The third-order valence-corrected chi connectivity index (χ3v) is 6.74. The molecule has 0 saturated carbocycles. The lowest BCUT2D eigenvalue weighted by molar-refractivity contribution is 0.0740. The van der Waals surface area contributed by atoms with Crippen LogP contribution in [0.15, 0.2) is 48.2 Å². The fourth-order valence-electron chi connectivity index (χ4n) is 3.94. The molecule has 3 aromatic heterocycles. The van der Waals surface area contributed by atoms with Gasteiger partial charge in [0, 0.05) is 60.1 Å². The molecule has 1 saturated heterocycles. The number of anilines is 1. The first-order chi connectivity index (χ1) is 16.5. The molecule has 0 bridgehead atoms. The van der Waals surface area contributed by atoms with Gasteiger partial charge in [-0.25, -0.2) is 4.98 Å². The smallest absolute Gasteiger partial charge is 0.275 e. The number of carbonyl (C=O) groups excluding carboxylic acids is 1. The molecule has 11 heteroatoms. The average Bonchev–Trinajstić information content (AvgIpc) is 3.39. The van der Waals surface area contributed by atoms with E-state index in [0.29, 0.717) is 47.6 Å². The minimum absolute atomic E-state index is 0.0997. The molecule has 1 amide bonds. The predicted octanol–water partition coefficient (Wildman–Crippen LogP) is 4.63. The van der Waals surface area contributed by atoms with E-state index in [-0.39, 0.29) is 5.91 Å². The van der Waals surface area contributed by atoms with Crippen molar-refractivity contribution in [2.24, 2.45) is 0 Å². The number of piperazine rings is 1. The zero-order valence-corrected chi connectivity index (χ0v) is 20.5. The van der Waals surface area contributed by atoms with E-state index < -0.39 is 0 Å². The normalized spacial score (nSPS) is 13.9. The van der Waals surface area contributed by atoms with Crippen molar-refractivity contribution in [1.82, 2.24) is 29.4 Å². The van der Waals surface area contributed by atoms with Crippen LogP contribution < -0.4 is 4.90 Å². The summed E-state index contributed by atoms with van der Waals surface area (Å²) in [6.07, 6.45) is 5.05. The molecule has 1 aliphatic heterocycles. The number of rotatable bonds is 4. The quantitative estimate of drug-likeness (QED) is 0.394. The fraction of sp³-hybridized carbons (Fsp3) is 0.217. The van der Waals surface area contributed by atoms with Gasteiger partial charge < -0.3 is 9.80 Å². The first-order valence-electron chi connectivity index (χ1n) is 10.6. The van der Waals surface area contributed by atoms with Gasteiger partial charge in [0.2, 0.25) is 0 Å². The van der Waals surface area contributed by atoms with Crippen LogP contribution >= 0.6 is 34.7 Å². The molecule has 1 aliphatic rings. The van der Waals surface area contributed by atoms with Crippen LogP contribution in [0.3, 0.4) is 0 Å². The number of aromatic nitrogens is 5. The summed E-state index contributed by atoms with van der Waals surface area (Å²) in [4.78, 5) is 30.4. The Morgan fingerprint density at radius 1 is 1.03 bits per heavy atom. The molecule has 0 N–H and O–H groups in total. The van der Waals surface area contributed by atoms with E-state index in [1.165, 1.54) is 11.5 Å². The number of pyridine rings is 1. The Kier molecular flexibility index (Phi) is 6.40. The van der Waals surface area contributed by atoms with Crippen molar-refractivity contribution in [3.05, 3.63) is 69.5 Å². The molecule has 4 aromatic rings. The first kappa shape index (κ1) is 22.6. The monoisotopic (exact) mass is 511 g/mol. The molecule has 8 nitrogen and oxygen atoms in total. The van der Waals surface area contributed by atoms with E-state index in [2.05, 4.69) is 19.5 Å². The Hall–Kier alpha value is -3.14. The van der Waals surface area contributed by atoms with E-state index in [1.807, 2.05) is 31.2 Å². The van der Waals surface area contributed by atoms with Crippen LogP contribution in [-0.4, -0.2) is 61.5 Å². The molecule has 0 unspecified atom stereocenters. The lowest BCUT2D eigenvalue weighted by Crippen LogP contribution is -2.49. The van der Waals surface area contributed by atoms with Crippen LogP contribution in [0.1, 0.15) is 16.1 Å². The van der Waals surface area contributed by atoms with Crippen LogP contribution in [0.4, 0.5) is 5.82 Å². The Bertz CT molecular complexity index is 1340. The van der Waals surface area contributed by atoms with Gasteiger partial charge in [0.25, 0.3) is 5.91 Å². The maximum Gasteiger partial charge on any atom is 0.275 e. The molecular weight excluding hydrogens is 493 g/mol. The van der Waals surface area contributed by atoms with Crippen molar-refractivity contribution in [2.75, 3.05) is 31.1 Å². The molecule has 172 valence electrons. The SMILES string of the molecule is Cc1cc(Cl)ccc1-c1ncc(N2CCN(C(=O)c3csnn3)CC2)nc1-c1ccncc1Cl. The van der Waals surface area contributed by atoms with Gasteiger partial charge in [-0.3, -0.25) is 14.8 Å². The second-order valence-corrected chi connectivity index (χ2v) is 9.26. The van der Waals surface area contributed by atoms with Crippen molar-refractivity contribution < 1.29 is 4.79 Å². The van der Waals surface area contributed by atoms with E-state index >= 15 is 0 Å². The number of halogens is 2. The Labute approximate surface area is 210 Å². The molecule has 0 spiro atoms. The maximum absolute atomic E-state index is 12.6. The lowest BCUT2D eigenvalue weighted by Gasteiger charge is -2.35. The number of nitrogens with zero attached hydrogens (tertiary/aromatic N) is 7. The summed E-state index contributed by atoms with van der Waals surface area (Å²) in [5.74, 6) is 0.623. The van der Waals surface area contributed by atoms with Gasteiger partial charge in [-0.15, -0.1) is 5.10 Å². The third kappa shape index (κ3) is 4.46. The van der Waals surface area contributed by atoms with Crippen LogP contribution in [0.25, 0.3) is 22.5 Å². The highest BCUT2D eigenvalue weighted by Gasteiger charge is 2.25. The summed E-state index contributed by atoms with van der Waals surface area (Å²) >= 11 is 13.8. The predicted molar refractivity (Wildman–Crippen MR) is 133 cm³/mol. The lowest BCUT2D eigenvalue weighted by atomic mass is 10.0. The fourth-order valence-corrected chi connectivity index (χ4v) is 4.80. The Morgan fingerprint density at radius 2 is 1.85 bits per heavy atom. The summed E-state index contributed by atoms with van der Waals surface area (Å²) in [6, 6.07) is 7.52. The van der Waals surface area contributed by atoms with E-state index in [0.717, 1.165) is 28.2 Å². The number of hydrogen-bond donors (Lipinski definition) is 0. The van der Waals surface area contributed by atoms with Gasteiger partial charge >= 0.3 is 0 Å². The van der Waals surface area contributed by atoms with Crippen molar-refractivity contribution in [3.63, 3.8) is 0 Å². The standard InChI is InChI=1S/C23H19Cl2N7OS/c1-14-10-15(24)2-3-16(14)21-22(17-4-5-26-11-18(17)25)28-20(12-27-21)31-6-8-32(9-7-31)23(33)19-13-34-30-29-19/h2-5,10-13H,6-9H2,1H3. The highest BCUT2D eigenvalue weighted by atomic mass is 35.5. The maximum atomic E-state index is 12.6. The van der Waals surface area contributed by atoms with Gasteiger partial charge in [-0.05, 0) is 42.2 Å². The Balaban J connectivity index is 1.47. The number of benzene rings is 1. The van der Waals surface area contributed by atoms with Gasteiger partial charge in [0.1, 0.15) is 11.5 Å². The van der Waals surface area contributed by atoms with E-state index in [9.17, 15) is 4.79 Å². The van der Waals surface area contributed by atoms with Gasteiger partial charge in [0.05, 0.1) is 16.9 Å². The van der Waals surface area contributed by atoms with Crippen LogP contribution in [0, 0.1) is 6.92 Å². The minimum Gasteiger partial charge on any atom is -0.352 e. The number of hydrogen-bond acceptors (Lipinski definition) is 8. The molecule has 34 heavy (non-hydrogen) atoms. The molecule has 0 radical (unpaired) electrons. The summed E-state index contributed by atoms with van der Waals surface area (Å²) in [5.41, 5.74) is 4.44. The molecule has 1 aromatic carbocycles. The Morgan fingerprint density at radius 3 is 2.56 bits per heavy atom. The topological polar surface area (TPSA) is 88.0 Å². The molecule has 1 fully saturated rings. The zero-order chi connectivity index (χ0) is 23.7. The highest BCUT2D eigenvalue weighted by molar-refractivity contribution is 7.03. The first-order valence-corrected chi connectivity index (χ1v) is 12.2. The molecule has 5 rings (SSSR count). The summed E-state index contributed by atoms with van der Waals surface area (Å²) in [5, 5.41) is 6.71. The number of aryl methyl sites for hydroxylation is 1.